The van der Waals surface area contributed by atoms with Gasteiger partial charge in [0.05, 0.1) is 17.2 Å². The zero-order chi connectivity index (χ0) is 20.8. The Labute approximate surface area is 172 Å². The van der Waals surface area contributed by atoms with E-state index in [1.54, 1.807) is 18.2 Å². The van der Waals surface area contributed by atoms with Crippen LogP contribution in [0.3, 0.4) is 0 Å². The molecule has 0 unspecified atom stereocenters. The van der Waals surface area contributed by atoms with Gasteiger partial charge >= 0.3 is 0 Å². The van der Waals surface area contributed by atoms with Crippen LogP contribution < -0.4 is 15.6 Å². The average Bonchev–Trinajstić information content (AvgIpc) is 2.81. The van der Waals surface area contributed by atoms with Crippen molar-refractivity contribution < 1.29 is 14.3 Å². The van der Waals surface area contributed by atoms with Crippen molar-refractivity contribution in [3.63, 3.8) is 0 Å². The maximum absolute atomic E-state index is 12.2. The molecule has 1 heterocycles. The fourth-order valence-corrected chi connectivity index (χ4v) is 2.89. The first kappa shape index (κ1) is 19.1. The predicted molar refractivity (Wildman–Crippen MR) is 113 cm³/mol. The third-order valence-electron chi connectivity index (χ3n) is 4.33. The molecule has 7 nitrogen and oxygen atoms in total. The summed E-state index contributed by atoms with van der Waals surface area (Å²) in [5, 5.41) is 0. The van der Waals surface area contributed by atoms with Crippen molar-refractivity contribution in [2.45, 2.75) is 0 Å². The van der Waals surface area contributed by atoms with E-state index in [1.165, 1.54) is 6.20 Å². The molecule has 0 saturated heterocycles. The van der Waals surface area contributed by atoms with Gasteiger partial charge in [0.25, 0.3) is 11.8 Å². The third kappa shape index (κ3) is 4.41. The Balaban J connectivity index is 1.35. The van der Waals surface area contributed by atoms with Crippen LogP contribution in [0.1, 0.15) is 10.5 Å². The molecule has 0 bridgehead atoms. The van der Waals surface area contributed by atoms with Crippen molar-refractivity contribution in [2.75, 3.05) is 6.61 Å². The summed E-state index contributed by atoms with van der Waals surface area (Å²) in [4.78, 5) is 32.8. The molecule has 4 aromatic rings. The van der Waals surface area contributed by atoms with E-state index in [0.717, 1.165) is 11.1 Å². The maximum atomic E-state index is 12.2. The second kappa shape index (κ2) is 8.83. The lowest BCUT2D eigenvalue weighted by Crippen LogP contribution is -2.44. The first-order valence-corrected chi connectivity index (χ1v) is 9.29. The summed E-state index contributed by atoms with van der Waals surface area (Å²) in [5.74, 6) is -0.489. The Kier molecular flexibility index (Phi) is 5.61. The number of carbonyl (C=O) groups is 2. The van der Waals surface area contributed by atoms with E-state index in [-0.39, 0.29) is 12.3 Å². The SMILES string of the molecule is O=C(COc1ccccc1-c1ccccc1)NNC(=O)c1cnc2ccccc2n1. The topological polar surface area (TPSA) is 93.2 Å². The average molecular weight is 398 g/mol. The van der Waals surface area contributed by atoms with Crippen molar-refractivity contribution in [3.8, 4) is 16.9 Å². The lowest BCUT2D eigenvalue weighted by Gasteiger charge is -2.12. The van der Waals surface area contributed by atoms with Gasteiger partial charge in [0, 0.05) is 5.56 Å². The number of carbonyl (C=O) groups excluding carboxylic acids is 2. The van der Waals surface area contributed by atoms with E-state index in [1.807, 2.05) is 60.7 Å². The predicted octanol–water partition coefficient (Wildman–Crippen LogP) is 3.14. The highest BCUT2D eigenvalue weighted by Gasteiger charge is 2.12. The van der Waals surface area contributed by atoms with Gasteiger partial charge in [0.15, 0.2) is 6.61 Å². The number of amides is 2. The Morgan fingerprint density at radius 1 is 0.800 bits per heavy atom. The minimum Gasteiger partial charge on any atom is -0.483 e. The monoisotopic (exact) mass is 398 g/mol. The summed E-state index contributed by atoms with van der Waals surface area (Å²) in [6.07, 6.45) is 1.36. The van der Waals surface area contributed by atoms with E-state index in [0.29, 0.717) is 16.8 Å². The van der Waals surface area contributed by atoms with Gasteiger partial charge in [-0.25, -0.2) is 4.98 Å². The third-order valence-corrected chi connectivity index (χ3v) is 4.33. The lowest BCUT2D eigenvalue weighted by molar-refractivity contribution is -0.123. The molecule has 0 saturated carbocycles. The molecule has 0 atom stereocenters. The zero-order valence-electron chi connectivity index (χ0n) is 15.9. The van der Waals surface area contributed by atoms with Crippen LogP contribution in [0.5, 0.6) is 5.75 Å². The second-order valence-electron chi connectivity index (χ2n) is 6.40. The summed E-state index contributed by atoms with van der Waals surface area (Å²) < 4.78 is 5.66. The molecule has 7 heteroatoms. The highest BCUT2D eigenvalue weighted by molar-refractivity contribution is 5.95. The van der Waals surface area contributed by atoms with Gasteiger partial charge in [0.2, 0.25) is 0 Å². The van der Waals surface area contributed by atoms with Crippen LogP contribution in [0.25, 0.3) is 22.2 Å². The van der Waals surface area contributed by atoms with Crippen LogP contribution in [0.2, 0.25) is 0 Å². The Hall–Kier alpha value is -4.26. The number of benzene rings is 3. The summed E-state index contributed by atoms with van der Waals surface area (Å²) in [6.45, 7) is -0.256. The van der Waals surface area contributed by atoms with E-state index in [9.17, 15) is 9.59 Å². The molecule has 4 rings (SSSR count). The molecule has 2 N–H and O–H groups in total. The standard InChI is InChI=1S/C23H18N4O3/c28-22(15-30-21-13-7-4-10-17(21)16-8-2-1-3-9-16)26-27-23(29)20-14-24-18-11-5-6-12-19(18)25-20/h1-14H,15H2,(H,26,28)(H,27,29). The van der Waals surface area contributed by atoms with Crippen molar-refractivity contribution in [1.82, 2.24) is 20.8 Å². The molecule has 30 heavy (non-hydrogen) atoms. The molecule has 148 valence electrons. The molecule has 2 amide bonds. The minimum absolute atomic E-state index is 0.101. The molecule has 0 spiro atoms. The van der Waals surface area contributed by atoms with Crippen molar-refractivity contribution >= 4 is 22.8 Å². The van der Waals surface area contributed by atoms with Crippen LogP contribution in [-0.2, 0) is 4.79 Å². The van der Waals surface area contributed by atoms with Gasteiger partial charge in [-0.15, -0.1) is 0 Å². The van der Waals surface area contributed by atoms with Gasteiger partial charge in [0.1, 0.15) is 11.4 Å². The van der Waals surface area contributed by atoms with E-state index >= 15 is 0 Å². The second-order valence-corrected chi connectivity index (χ2v) is 6.40. The number of fused-ring (bicyclic) bond motifs is 1. The Bertz CT molecular complexity index is 1200. The normalized spacial score (nSPS) is 10.4. The largest absolute Gasteiger partial charge is 0.483 e. The maximum Gasteiger partial charge on any atom is 0.289 e. The van der Waals surface area contributed by atoms with E-state index in [4.69, 9.17) is 4.74 Å². The van der Waals surface area contributed by atoms with Gasteiger partial charge in [-0.3, -0.25) is 25.4 Å². The number of nitrogens with one attached hydrogen (secondary N) is 2. The first-order chi connectivity index (χ1) is 14.7. The molecule has 0 radical (unpaired) electrons. The van der Waals surface area contributed by atoms with Crippen molar-refractivity contribution in [1.29, 1.82) is 0 Å². The molecule has 0 aliphatic rings. The van der Waals surface area contributed by atoms with Crippen molar-refractivity contribution in [3.05, 3.63) is 90.8 Å². The fraction of sp³-hybridized carbons (Fsp3) is 0.0435. The summed E-state index contributed by atoms with van der Waals surface area (Å²) >= 11 is 0. The summed E-state index contributed by atoms with van der Waals surface area (Å²) in [5.41, 5.74) is 7.89. The summed E-state index contributed by atoms with van der Waals surface area (Å²) in [6, 6.07) is 24.4. The molecular weight excluding hydrogens is 380 g/mol. The van der Waals surface area contributed by atoms with E-state index in [2.05, 4.69) is 20.8 Å². The van der Waals surface area contributed by atoms with E-state index < -0.39 is 11.8 Å². The number of hydrazine groups is 1. The van der Waals surface area contributed by atoms with Crippen LogP contribution in [0, 0.1) is 0 Å². The van der Waals surface area contributed by atoms with Gasteiger partial charge in [-0.1, -0.05) is 60.7 Å². The number of para-hydroxylation sites is 3. The van der Waals surface area contributed by atoms with Gasteiger partial charge in [-0.05, 0) is 23.8 Å². The molecular formula is C23H18N4O3. The van der Waals surface area contributed by atoms with Crippen LogP contribution >= 0.6 is 0 Å². The number of rotatable bonds is 5. The number of nitrogens with zero attached hydrogens (tertiary/aromatic N) is 2. The quantitative estimate of drug-likeness (QED) is 0.504. The van der Waals surface area contributed by atoms with Crippen LogP contribution in [0.4, 0.5) is 0 Å². The van der Waals surface area contributed by atoms with Crippen LogP contribution in [-0.4, -0.2) is 28.4 Å². The van der Waals surface area contributed by atoms with Gasteiger partial charge < -0.3 is 4.74 Å². The molecule has 3 aromatic carbocycles. The molecule has 1 aromatic heterocycles. The number of ether oxygens (including phenoxy) is 1. The number of hydrogen-bond acceptors (Lipinski definition) is 5. The smallest absolute Gasteiger partial charge is 0.289 e. The molecule has 0 aliphatic heterocycles. The lowest BCUT2D eigenvalue weighted by atomic mass is 10.1. The van der Waals surface area contributed by atoms with Gasteiger partial charge in [-0.2, -0.15) is 0 Å². The zero-order valence-corrected chi connectivity index (χ0v) is 15.9. The highest BCUT2D eigenvalue weighted by Crippen LogP contribution is 2.29. The minimum atomic E-state index is -0.564. The fourth-order valence-electron chi connectivity index (χ4n) is 2.89. The Morgan fingerprint density at radius 2 is 1.50 bits per heavy atom. The van der Waals surface area contributed by atoms with Crippen LogP contribution in [0.15, 0.2) is 85.1 Å². The summed E-state index contributed by atoms with van der Waals surface area (Å²) in [7, 11) is 0. The first-order valence-electron chi connectivity index (χ1n) is 9.29. The Morgan fingerprint density at radius 3 is 2.33 bits per heavy atom. The molecule has 0 aliphatic carbocycles. The highest BCUT2D eigenvalue weighted by atomic mass is 16.5. The van der Waals surface area contributed by atoms with Crippen molar-refractivity contribution in [2.24, 2.45) is 0 Å². The molecule has 0 fully saturated rings. The number of hydrogen-bond donors (Lipinski definition) is 2. The number of aromatic nitrogens is 2.